The predicted octanol–water partition coefficient (Wildman–Crippen LogP) is 3.19. The van der Waals surface area contributed by atoms with Crippen molar-refractivity contribution in [2.24, 2.45) is 0 Å². The van der Waals surface area contributed by atoms with Gasteiger partial charge in [-0.05, 0) is 35.4 Å². The van der Waals surface area contributed by atoms with Gasteiger partial charge in [-0.3, -0.25) is 4.21 Å². The highest BCUT2D eigenvalue weighted by atomic mass is 32.2. The van der Waals surface area contributed by atoms with Crippen LogP contribution in [0.2, 0.25) is 0 Å². The van der Waals surface area contributed by atoms with E-state index >= 15 is 0 Å². The molecule has 0 amide bonds. The van der Waals surface area contributed by atoms with E-state index in [2.05, 4.69) is 4.72 Å². The Morgan fingerprint density at radius 3 is 1.73 bits per heavy atom. The molecule has 1 N–H and O–H groups in total. The SMILES string of the molecule is O=S([O-])Nc1ccc(-c2ccc(S(=O)C(F)(F)F)cc2)cc1. The maximum absolute atomic E-state index is 12.3. The van der Waals surface area contributed by atoms with Gasteiger partial charge in [-0.15, -0.1) is 0 Å². The number of nitrogens with one attached hydrogen (secondary N) is 1. The van der Waals surface area contributed by atoms with Crippen LogP contribution in [-0.4, -0.2) is 18.5 Å². The highest BCUT2D eigenvalue weighted by Crippen LogP contribution is 2.28. The molecule has 0 fully saturated rings. The lowest BCUT2D eigenvalue weighted by Crippen LogP contribution is -2.16. The predicted molar refractivity (Wildman–Crippen MR) is 76.9 cm³/mol. The van der Waals surface area contributed by atoms with Crippen molar-refractivity contribution in [2.45, 2.75) is 10.4 Å². The van der Waals surface area contributed by atoms with Crippen LogP contribution in [0, 0.1) is 0 Å². The van der Waals surface area contributed by atoms with Crippen LogP contribution in [0.1, 0.15) is 0 Å². The van der Waals surface area contributed by atoms with Gasteiger partial charge in [0.05, 0.1) is 0 Å². The van der Waals surface area contributed by atoms with Gasteiger partial charge >= 0.3 is 5.51 Å². The molecule has 118 valence electrons. The first-order valence-electron chi connectivity index (χ1n) is 5.82. The average molecular weight is 348 g/mol. The van der Waals surface area contributed by atoms with Gasteiger partial charge in [-0.2, -0.15) is 13.2 Å². The normalized spacial score (nSPS) is 14.4. The molecule has 0 saturated carbocycles. The van der Waals surface area contributed by atoms with E-state index in [-0.39, 0.29) is 4.90 Å². The molecule has 2 rings (SSSR count). The molecule has 0 aliphatic heterocycles. The van der Waals surface area contributed by atoms with E-state index in [9.17, 15) is 26.1 Å². The van der Waals surface area contributed by atoms with Gasteiger partial charge in [0.25, 0.3) is 0 Å². The van der Waals surface area contributed by atoms with Gasteiger partial charge in [0.1, 0.15) is 0 Å². The third-order valence-electron chi connectivity index (χ3n) is 2.70. The Bertz CT molecular complexity index is 700. The first-order chi connectivity index (χ1) is 10.3. The summed E-state index contributed by atoms with van der Waals surface area (Å²) in [5.41, 5.74) is -3.11. The first kappa shape index (κ1) is 16.7. The maximum Gasteiger partial charge on any atom is 0.475 e. The molecule has 0 heterocycles. The minimum atomic E-state index is -4.79. The van der Waals surface area contributed by atoms with Crippen molar-refractivity contribution in [3.63, 3.8) is 0 Å². The fraction of sp³-hybridized carbons (Fsp3) is 0.0769. The number of hydrogen-bond acceptors (Lipinski definition) is 3. The molecule has 0 spiro atoms. The molecule has 2 aromatic rings. The minimum absolute atomic E-state index is 0.323. The van der Waals surface area contributed by atoms with Crippen molar-refractivity contribution in [1.82, 2.24) is 0 Å². The van der Waals surface area contributed by atoms with E-state index in [4.69, 9.17) is 0 Å². The Morgan fingerprint density at radius 2 is 1.32 bits per heavy atom. The molecular formula is C13H9F3NO3S2-. The van der Waals surface area contributed by atoms with Crippen molar-refractivity contribution < 1.29 is 26.1 Å². The molecule has 22 heavy (non-hydrogen) atoms. The van der Waals surface area contributed by atoms with Gasteiger partial charge in [-0.25, -0.2) is 4.21 Å². The van der Waals surface area contributed by atoms with Crippen LogP contribution in [0.25, 0.3) is 11.1 Å². The monoisotopic (exact) mass is 348 g/mol. The molecule has 4 nitrogen and oxygen atoms in total. The van der Waals surface area contributed by atoms with Crippen LogP contribution in [0.5, 0.6) is 0 Å². The third-order valence-corrected chi connectivity index (χ3v) is 4.22. The summed E-state index contributed by atoms with van der Waals surface area (Å²) in [6, 6.07) is 11.4. The van der Waals surface area contributed by atoms with Gasteiger partial charge in [0.2, 0.25) is 0 Å². The van der Waals surface area contributed by atoms with E-state index in [1.165, 1.54) is 24.3 Å². The highest BCUT2D eigenvalue weighted by molar-refractivity contribution is 7.86. The van der Waals surface area contributed by atoms with E-state index in [1.54, 1.807) is 12.1 Å². The molecule has 9 heteroatoms. The minimum Gasteiger partial charge on any atom is -0.755 e. The zero-order valence-electron chi connectivity index (χ0n) is 10.8. The average Bonchev–Trinajstić information content (AvgIpc) is 2.46. The molecule has 0 radical (unpaired) electrons. The second kappa shape index (κ2) is 6.59. The number of benzene rings is 2. The van der Waals surface area contributed by atoms with Crippen molar-refractivity contribution in [3.05, 3.63) is 48.5 Å². The van der Waals surface area contributed by atoms with E-state index in [0.29, 0.717) is 16.8 Å². The Labute approximate surface area is 129 Å². The number of anilines is 1. The zero-order chi connectivity index (χ0) is 16.3. The molecule has 0 aliphatic carbocycles. The highest BCUT2D eigenvalue weighted by Gasteiger charge is 2.37. The summed E-state index contributed by atoms with van der Waals surface area (Å²) in [6.07, 6.45) is 0. The summed E-state index contributed by atoms with van der Waals surface area (Å²) in [4.78, 5) is -0.323. The number of alkyl halides is 3. The molecular weight excluding hydrogens is 339 g/mol. The van der Waals surface area contributed by atoms with Crippen LogP contribution in [0.15, 0.2) is 53.4 Å². The molecule has 0 aromatic heterocycles. The lowest BCUT2D eigenvalue weighted by molar-refractivity contribution is -0.0384. The van der Waals surface area contributed by atoms with Gasteiger partial charge in [-0.1, -0.05) is 24.3 Å². The topological polar surface area (TPSA) is 69.2 Å². The largest absolute Gasteiger partial charge is 0.755 e. The lowest BCUT2D eigenvalue weighted by Gasteiger charge is -2.10. The second-order valence-electron chi connectivity index (χ2n) is 4.15. The van der Waals surface area contributed by atoms with Crippen LogP contribution in [0.3, 0.4) is 0 Å². The molecule has 0 bridgehead atoms. The van der Waals surface area contributed by atoms with Crippen molar-refractivity contribution in [3.8, 4) is 11.1 Å². The Kier molecular flexibility index (Phi) is 4.99. The summed E-state index contributed by atoms with van der Waals surface area (Å²) in [7, 11) is -3.05. The summed E-state index contributed by atoms with van der Waals surface area (Å²) in [5, 5.41) is 0. The molecule has 2 atom stereocenters. The standard InChI is InChI=1S/C13H10F3NO3S2/c14-13(15,16)21(18)12-7-3-10(4-8-12)9-1-5-11(6-2-9)17-22(19)20/h1-8,17H,(H,19,20)/p-1. The summed E-state index contributed by atoms with van der Waals surface area (Å²) >= 11 is -2.42. The maximum atomic E-state index is 12.3. The molecule has 0 saturated heterocycles. The first-order valence-corrected chi connectivity index (χ1v) is 8.05. The van der Waals surface area contributed by atoms with E-state index in [0.717, 1.165) is 12.1 Å². The smallest absolute Gasteiger partial charge is 0.475 e. The van der Waals surface area contributed by atoms with Crippen LogP contribution >= 0.6 is 0 Å². The van der Waals surface area contributed by atoms with Crippen molar-refractivity contribution in [2.75, 3.05) is 4.72 Å². The van der Waals surface area contributed by atoms with Crippen LogP contribution in [-0.2, 0) is 22.1 Å². The molecule has 2 aromatic carbocycles. The number of hydrogen-bond donors (Lipinski definition) is 1. The molecule has 0 aliphatic rings. The van der Waals surface area contributed by atoms with Crippen LogP contribution in [0.4, 0.5) is 18.9 Å². The number of halogens is 3. The fourth-order valence-electron chi connectivity index (χ4n) is 1.73. The van der Waals surface area contributed by atoms with Gasteiger partial charge in [0.15, 0.2) is 10.8 Å². The third kappa shape index (κ3) is 4.15. The van der Waals surface area contributed by atoms with E-state index in [1.807, 2.05) is 0 Å². The number of rotatable bonds is 4. The second-order valence-corrected chi connectivity index (χ2v) is 6.30. The quantitative estimate of drug-likeness (QED) is 0.863. The summed E-state index contributed by atoms with van der Waals surface area (Å²) in [5.74, 6) is 0. The fourth-order valence-corrected chi connectivity index (χ4v) is 2.71. The summed E-state index contributed by atoms with van der Waals surface area (Å²) < 4.78 is 71.4. The van der Waals surface area contributed by atoms with Gasteiger partial charge < -0.3 is 9.27 Å². The van der Waals surface area contributed by atoms with Gasteiger partial charge in [0, 0.05) is 21.8 Å². The van der Waals surface area contributed by atoms with Crippen LogP contribution < -0.4 is 4.72 Å². The summed E-state index contributed by atoms with van der Waals surface area (Å²) in [6.45, 7) is 0. The van der Waals surface area contributed by atoms with E-state index < -0.39 is 27.6 Å². The van der Waals surface area contributed by atoms with Crippen molar-refractivity contribution >= 4 is 27.8 Å². The zero-order valence-corrected chi connectivity index (χ0v) is 12.4. The Morgan fingerprint density at radius 1 is 0.864 bits per heavy atom. The Balaban J connectivity index is 2.20. The molecule has 2 unspecified atom stereocenters. The Hall–Kier alpha value is -1.71. The lowest BCUT2D eigenvalue weighted by atomic mass is 10.1. The van der Waals surface area contributed by atoms with Crippen molar-refractivity contribution in [1.29, 1.82) is 0 Å².